The van der Waals surface area contributed by atoms with Gasteiger partial charge in [-0.05, 0) is 55.6 Å². The van der Waals surface area contributed by atoms with Gasteiger partial charge in [0.25, 0.3) is 11.5 Å². The van der Waals surface area contributed by atoms with Gasteiger partial charge in [0.05, 0.1) is 0 Å². The zero-order chi connectivity index (χ0) is 14.9. The van der Waals surface area contributed by atoms with Gasteiger partial charge in [0.1, 0.15) is 5.56 Å². The fourth-order valence-electron chi connectivity index (χ4n) is 3.06. The van der Waals surface area contributed by atoms with Gasteiger partial charge in [-0.15, -0.1) is 0 Å². The van der Waals surface area contributed by atoms with E-state index in [4.69, 9.17) is 4.74 Å². The quantitative estimate of drug-likeness (QED) is 0.832. The molecule has 2 aliphatic carbocycles. The number of amides is 1. The molecule has 1 saturated carbocycles. The van der Waals surface area contributed by atoms with Crippen molar-refractivity contribution in [3.63, 3.8) is 0 Å². The van der Waals surface area contributed by atoms with Gasteiger partial charge in [0.2, 0.25) is 0 Å². The Hall–Kier alpha value is -1.62. The lowest BCUT2D eigenvalue weighted by Gasteiger charge is -2.15. The van der Waals surface area contributed by atoms with Crippen molar-refractivity contribution in [1.29, 1.82) is 0 Å². The summed E-state index contributed by atoms with van der Waals surface area (Å²) in [5.41, 5.74) is 2.28. The number of rotatable bonds is 6. The maximum atomic E-state index is 12.3. The molecule has 0 saturated heterocycles. The summed E-state index contributed by atoms with van der Waals surface area (Å²) in [6.07, 6.45) is 6.12. The van der Waals surface area contributed by atoms with E-state index in [2.05, 4.69) is 10.3 Å². The minimum Gasteiger partial charge on any atom is -0.385 e. The highest BCUT2D eigenvalue weighted by molar-refractivity contribution is 5.94. The molecule has 114 valence electrons. The third-order valence-corrected chi connectivity index (χ3v) is 4.75. The van der Waals surface area contributed by atoms with Gasteiger partial charge in [-0.1, -0.05) is 0 Å². The molecule has 1 aromatic heterocycles. The van der Waals surface area contributed by atoms with Crippen LogP contribution in [-0.2, 0) is 17.6 Å². The Morgan fingerprint density at radius 2 is 2.24 bits per heavy atom. The molecule has 0 unspecified atom stereocenters. The van der Waals surface area contributed by atoms with E-state index in [1.165, 1.54) is 0 Å². The van der Waals surface area contributed by atoms with Crippen LogP contribution in [0.15, 0.2) is 10.9 Å². The van der Waals surface area contributed by atoms with Gasteiger partial charge < -0.3 is 15.0 Å². The number of nitrogens with one attached hydrogen (secondary N) is 2. The summed E-state index contributed by atoms with van der Waals surface area (Å²) >= 11 is 0. The maximum absolute atomic E-state index is 12.3. The van der Waals surface area contributed by atoms with Crippen LogP contribution in [0.1, 0.15) is 47.3 Å². The number of aromatic amines is 1. The van der Waals surface area contributed by atoms with E-state index in [0.717, 1.165) is 56.4 Å². The van der Waals surface area contributed by atoms with Gasteiger partial charge in [-0.3, -0.25) is 9.59 Å². The summed E-state index contributed by atoms with van der Waals surface area (Å²) in [6, 6.07) is 1.77. The van der Waals surface area contributed by atoms with E-state index in [0.29, 0.717) is 6.54 Å². The van der Waals surface area contributed by atoms with Crippen molar-refractivity contribution in [3.05, 3.63) is 33.2 Å². The van der Waals surface area contributed by atoms with Crippen LogP contribution in [0.5, 0.6) is 0 Å². The van der Waals surface area contributed by atoms with Crippen molar-refractivity contribution in [1.82, 2.24) is 10.3 Å². The highest BCUT2D eigenvalue weighted by Crippen LogP contribution is 2.48. The predicted molar refractivity (Wildman–Crippen MR) is 79.6 cm³/mol. The van der Waals surface area contributed by atoms with Crippen LogP contribution in [0.2, 0.25) is 0 Å². The molecule has 2 N–H and O–H groups in total. The summed E-state index contributed by atoms with van der Waals surface area (Å²) in [6.45, 7) is 1.35. The number of methoxy groups -OCH3 is 1. The van der Waals surface area contributed by atoms with Crippen LogP contribution in [0, 0.1) is 5.41 Å². The van der Waals surface area contributed by atoms with Crippen LogP contribution in [0.3, 0.4) is 0 Å². The molecule has 3 rings (SSSR count). The van der Waals surface area contributed by atoms with Crippen LogP contribution in [0.25, 0.3) is 0 Å². The Morgan fingerprint density at radius 3 is 2.95 bits per heavy atom. The third-order valence-electron chi connectivity index (χ3n) is 4.75. The minimum atomic E-state index is -0.269. The summed E-state index contributed by atoms with van der Waals surface area (Å²) in [7, 11) is 1.69. The van der Waals surface area contributed by atoms with Gasteiger partial charge in [-0.2, -0.15) is 0 Å². The highest BCUT2D eigenvalue weighted by atomic mass is 16.5. The number of pyridine rings is 1. The average Bonchev–Trinajstić information content (AvgIpc) is 3.11. The second kappa shape index (κ2) is 5.64. The fourth-order valence-corrected chi connectivity index (χ4v) is 3.06. The molecule has 0 spiro atoms. The SMILES string of the molecule is COCCC1(CNC(=O)c2cc3c([nH]c2=O)CCC3)CC1. The third kappa shape index (κ3) is 3.02. The first kappa shape index (κ1) is 14.3. The number of H-pyrrole nitrogens is 1. The zero-order valence-corrected chi connectivity index (χ0v) is 12.5. The molecule has 0 bridgehead atoms. The minimum absolute atomic E-state index is 0.190. The van der Waals surface area contributed by atoms with Crippen molar-refractivity contribution in [2.75, 3.05) is 20.3 Å². The van der Waals surface area contributed by atoms with Gasteiger partial charge in [0.15, 0.2) is 0 Å². The second-order valence-corrected chi connectivity index (χ2v) is 6.29. The van der Waals surface area contributed by atoms with E-state index in [1.807, 2.05) is 0 Å². The Kier molecular flexibility index (Phi) is 3.85. The van der Waals surface area contributed by atoms with Crippen molar-refractivity contribution >= 4 is 5.91 Å². The topological polar surface area (TPSA) is 71.2 Å². The molecule has 0 atom stereocenters. The number of carbonyl (C=O) groups excluding carboxylic acids is 1. The Balaban J connectivity index is 1.65. The lowest BCUT2D eigenvalue weighted by molar-refractivity contribution is 0.0936. The smallest absolute Gasteiger partial charge is 0.261 e. The summed E-state index contributed by atoms with van der Waals surface area (Å²) in [4.78, 5) is 27.1. The first-order valence-corrected chi connectivity index (χ1v) is 7.66. The number of fused-ring (bicyclic) bond motifs is 1. The number of hydrogen-bond acceptors (Lipinski definition) is 3. The molecular formula is C16H22N2O3. The Morgan fingerprint density at radius 1 is 1.43 bits per heavy atom. The number of aryl methyl sites for hydroxylation is 2. The summed E-state index contributed by atoms with van der Waals surface area (Å²) in [5.74, 6) is -0.255. The first-order valence-electron chi connectivity index (χ1n) is 7.66. The largest absolute Gasteiger partial charge is 0.385 e. The van der Waals surface area contributed by atoms with Gasteiger partial charge in [0, 0.05) is 26.0 Å². The molecule has 1 aromatic rings. The van der Waals surface area contributed by atoms with Crippen LogP contribution < -0.4 is 10.9 Å². The Bertz CT molecular complexity index is 602. The van der Waals surface area contributed by atoms with Crippen molar-refractivity contribution < 1.29 is 9.53 Å². The van der Waals surface area contributed by atoms with Gasteiger partial charge in [-0.25, -0.2) is 0 Å². The lowest BCUT2D eigenvalue weighted by atomic mass is 10.0. The van der Waals surface area contributed by atoms with Gasteiger partial charge >= 0.3 is 0 Å². The monoisotopic (exact) mass is 290 g/mol. The molecule has 5 heteroatoms. The summed E-state index contributed by atoms with van der Waals surface area (Å²) < 4.78 is 5.11. The zero-order valence-electron chi connectivity index (χ0n) is 12.5. The number of hydrogen-bond donors (Lipinski definition) is 2. The Labute approximate surface area is 124 Å². The number of ether oxygens (including phenoxy) is 1. The maximum Gasteiger partial charge on any atom is 0.261 e. The predicted octanol–water partition coefficient (Wildman–Crippen LogP) is 1.41. The molecule has 1 fully saturated rings. The van der Waals surface area contributed by atoms with Crippen LogP contribution >= 0.6 is 0 Å². The molecule has 1 heterocycles. The standard InChI is InChI=1S/C16H22N2O3/c1-21-8-7-16(5-6-16)10-17-14(19)12-9-11-3-2-4-13(11)18-15(12)20/h9H,2-8,10H2,1H3,(H,17,19)(H,18,20). The van der Waals surface area contributed by atoms with E-state index in [9.17, 15) is 9.59 Å². The van der Waals surface area contributed by atoms with Crippen molar-refractivity contribution in [2.45, 2.75) is 38.5 Å². The number of carbonyl (C=O) groups is 1. The molecule has 1 amide bonds. The van der Waals surface area contributed by atoms with E-state index in [-0.39, 0.29) is 22.4 Å². The highest BCUT2D eigenvalue weighted by Gasteiger charge is 2.42. The molecule has 5 nitrogen and oxygen atoms in total. The van der Waals surface area contributed by atoms with Crippen molar-refractivity contribution in [3.8, 4) is 0 Å². The summed E-state index contributed by atoms with van der Waals surface area (Å²) in [5, 5.41) is 2.93. The van der Waals surface area contributed by atoms with E-state index < -0.39 is 0 Å². The van der Waals surface area contributed by atoms with E-state index >= 15 is 0 Å². The van der Waals surface area contributed by atoms with Crippen LogP contribution in [-0.4, -0.2) is 31.2 Å². The van der Waals surface area contributed by atoms with Crippen molar-refractivity contribution in [2.24, 2.45) is 5.41 Å². The molecule has 0 aliphatic heterocycles. The molecular weight excluding hydrogens is 268 g/mol. The van der Waals surface area contributed by atoms with Crippen LogP contribution in [0.4, 0.5) is 0 Å². The molecule has 21 heavy (non-hydrogen) atoms. The molecule has 0 aromatic carbocycles. The molecule has 0 radical (unpaired) electrons. The normalized spacial score (nSPS) is 18.3. The lowest BCUT2D eigenvalue weighted by Crippen LogP contribution is -2.34. The second-order valence-electron chi connectivity index (χ2n) is 6.29. The number of aromatic nitrogens is 1. The average molecular weight is 290 g/mol. The molecule has 2 aliphatic rings. The van der Waals surface area contributed by atoms with E-state index in [1.54, 1.807) is 13.2 Å². The first-order chi connectivity index (χ1) is 10.1. The fraction of sp³-hybridized carbons (Fsp3) is 0.625.